The Kier molecular flexibility index (Phi) is 6.51. The Bertz CT molecular complexity index is 1520. The topological polar surface area (TPSA) is 94.5 Å². The fraction of sp³-hybridized carbons (Fsp3) is 0.154. The number of carbonyl (C=O) groups excluding carboxylic acids is 1. The van der Waals surface area contributed by atoms with Crippen molar-refractivity contribution < 1.29 is 17.9 Å². The Balaban J connectivity index is 1.77. The summed E-state index contributed by atoms with van der Waals surface area (Å²) in [7, 11) is -4.14. The lowest BCUT2D eigenvalue weighted by Gasteiger charge is -2.15. The van der Waals surface area contributed by atoms with Crippen LogP contribution in [0.15, 0.2) is 93.6 Å². The summed E-state index contributed by atoms with van der Waals surface area (Å²) in [5, 5.41) is 3.07. The van der Waals surface area contributed by atoms with Gasteiger partial charge in [0.15, 0.2) is 0 Å². The second-order valence-electron chi connectivity index (χ2n) is 7.74. The first kappa shape index (κ1) is 23.3. The van der Waals surface area contributed by atoms with Crippen LogP contribution in [0.5, 0.6) is 5.75 Å². The van der Waals surface area contributed by atoms with E-state index in [1.807, 2.05) is 32.0 Å². The molecule has 4 aromatic rings. The second kappa shape index (κ2) is 9.52. The molecule has 7 nitrogen and oxygen atoms in total. The number of para-hydroxylation sites is 2. The first-order chi connectivity index (χ1) is 16.3. The zero-order valence-corrected chi connectivity index (χ0v) is 19.6. The van der Waals surface area contributed by atoms with Crippen molar-refractivity contribution in [2.75, 3.05) is 11.9 Å². The molecule has 174 valence electrons. The van der Waals surface area contributed by atoms with Gasteiger partial charge in [-0.2, -0.15) is 0 Å². The highest BCUT2D eigenvalue weighted by Gasteiger charge is 2.24. The van der Waals surface area contributed by atoms with Crippen molar-refractivity contribution in [1.29, 1.82) is 0 Å². The van der Waals surface area contributed by atoms with Crippen LogP contribution >= 0.6 is 0 Å². The normalized spacial score (nSPS) is 11.4. The van der Waals surface area contributed by atoms with Crippen LogP contribution in [0.25, 0.3) is 10.9 Å². The maximum absolute atomic E-state index is 13.4. The molecule has 3 aromatic carbocycles. The summed E-state index contributed by atoms with van der Waals surface area (Å²) >= 11 is 0. The molecule has 4 rings (SSSR count). The molecule has 0 atom stereocenters. The molecule has 0 aliphatic rings. The average Bonchev–Trinajstić information content (AvgIpc) is 2.83. The molecule has 0 saturated carbocycles. The summed E-state index contributed by atoms with van der Waals surface area (Å²) < 4.78 is 33.6. The molecule has 0 unspecified atom stereocenters. The maximum Gasteiger partial charge on any atom is 0.244 e. The van der Waals surface area contributed by atoms with E-state index in [9.17, 15) is 18.0 Å². The van der Waals surface area contributed by atoms with Crippen molar-refractivity contribution >= 4 is 32.3 Å². The number of fused-ring (bicyclic) bond motifs is 1. The number of nitrogens with zero attached hydrogens (tertiary/aromatic N) is 1. The van der Waals surface area contributed by atoms with Crippen LogP contribution in [0.2, 0.25) is 0 Å². The number of rotatable bonds is 7. The number of sulfone groups is 1. The highest BCUT2D eigenvalue weighted by atomic mass is 32.2. The average molecular weight is 477 g/mol. The summed E-state index contributed by atoms with van der Waals surface area (Å²) in [4.78, 5) is 25.6. The first-order valence-corrected chi connectivity index (χ1v) is 12.2. The monoisotopic (exact) mass is 476 g/mol. The fourth-order valence-corrected chi connectivity index (χ4v) is 5.08. The highest BCUT2D eigenvalue weighted by Crippen LogP contribution is 2.23. The fourth-order valence-electron chi connectivity index (χ4n) is 3.71. The molecule has 0 fully saturated rings. The van der Waals surface area contributed by atoms with Gasteiger partial charge in [0.05, 0.1) is 17.0 Å². The zero-order valence-electron chi connectivity index (χ0n) is 18.8. The van der Waals surface area contributed by atoms with Crippen molar-refractivity contribution in [1.82, 2.24) is 4.57 Å². The van der Waals surface area contributed by atoms with Gasteiger partial charge in [-0.1, -0.05) is 30.3 Å². The van der Waals surface area contributed by atoms with E-state index < -0.39 is 15.3 Å². The molecule has 1 heterocycles. The Morgan fingerprint density at radius 1 is 0.971 bits per heavy atom. The van der Waals surface area contributed by atoms with Gasteiger partial charge in [0.1, 0.15) is 17.2 Å². The van der Waals surface area contributed by atoms with Crippen molar-refractivity contribution in [2.45, 2.75) is 30.2 Å². The van der Waals surface area contributed by atoms with Gasteiger partial charge in [0.25, 0.3) is 0 Å². The Labute approximate surface area is 197 Å². The minimum absolute atomic E-state index is 0.0285. The largest absolute Gasteiger partial charge is 0.494 e. The minimum atomic E-state index is -4.14. The van der Waals surface area contributed by atoms with Crippen LogP contribution in [-0.2, 0) is 21.2 Å². The molecular formula is C26H24N2O5S. The van der Waals surface area contributed by atoms with Crippen LogP contribution in [-0.4, -0.2) is 25.5 Å². The van der Waals surface area contributed by atoms with Gasteiger partial charge >= 0.3 is 0 Å². The molecule has 1 aromatic heterocycles. The highest BCUT2D eigenvalue weighted by molar-refractivity contribution is 7.91. The Morgan fingerprint density at radius 2 is 1.65 bits per heavy atom. The SMILES string of the molecule is CCOc1ccc(S(=O)(=O)c2cn(CC(=O)Nc3ccccc3C)c3ccccc3c2=O)cc1. The molecule has 1 amide bonds. The summed E-state index contributed by atoms with van der Waals surface area (Å²) in [5.74, 6) is 0.192. The summed E-state index contributed by atoms with van der Waals surface area (Å²) in [6.07, 6.45) is 1.24. The lowest BCUT2D eigenvalue weighted by atomic mass is 10.2. The maximum atomic E-state index is 13.4. The van der Waals surface area contributed by atoms with Crippen LogP contribution in [0, 0.1) is 6.92 Å². The van der Waals surface area contributed by atoms with Crippen molar-refractivity contribution in [2.24, 2.45) is 0 Å². The zero-order chi connectivity index (χ0) is 24.3. The number of hydrogen-bond acceptors (Lipinski definition) is 5. The van der Waals surface area contributed by atoms with Crippen LogP contribution < -0.4 is 15.5 Å². The van der Waals surface area contributed by atoms with E-state index in [0.717, 1.165) is 5.56 Å². The molecule has 0 aliphatic heterocycles. The van der Waals surface area contributed by atoms with E-state index in [1.165, 1.54) is 22.9 Å². The van der Waals surface area contributed by atoms with E-state index in [4.69, 9.17) is 4.74 Å². The number of benzene rings is 3. The third-order valence-electron chi connectivity index (χ3n) is 5.42. The Hall–Kier alpha value is -3.91. The van der Waals surface area contributed by atoms with Crippen LogP contribution in [0.4, 0.5) is 5.69 Å². The Morgan fingerprint density at radius 3 is 2.35 bits per heavy atom. The molecule has 34 heavy (non-hydrogen) atoms. The molecule has 0 aliphatic carbocycles. The molecule has 0 saturated heterocycles. The van der Waals surface area contributed by atoms with Gasteiger partial charge in [-0.3, -0.25) is 9.59 Å². The summed E-state index contributed by atoms with van der Waals surface area (Å²) in [6, 6.07) is 19.9. The van der Waals surface area contributed by atoms with Crippen molar-refractivity contribution in [3.05, 3.63) is 94.8 Å². The first-order valence-electron chi connectivity index (χ1n) is 10.8. The third-order valence-corrected chi connectivity index (χ3v) is 7.19. The van der Waals surface area contributed by atoms with Gasteiger partial charge < -0.3 is 14.6 Å². The summed E-state index contributed by atoms with van der Waals surface area (Å²) in [5.41, 5.74) is 1.43. The van der Waals surface area contributed by atoms with Crippen LogP contribution in [0.1, 0.15) is 12.5 Å². The molecule has 8 heteroatoms. The lowest BCUT2D eigenvalue weighted by Crippen LogP contribution is -2.24. The van der Waals surface area contributed by atoms with E-state index in [-0.39, 0.29) is 27.6 Å². The minimum Gasteiger partial charge on any atom is -0.494 e. The predicted molar refractivity (Wildman–Crippen MR) is 131 cm³/mol. The van der Waals surface area contributed by atoms with E-state index >= 15 is 0 Å². The number of carbonyl (C=O) groups is 1. The van der Waals surface area contributed by atoms with Crippen molar-refractivity contribution in [3.63, 3.8) is 0 Å². The number of aryl methyl sites for hydroxylation is 1. The second-order valence-corrected chi connectivity index (χ2v) is 9.66. The van der Waals surface area contributed by atoms with Crippen LogP contribution in [0.3, 0.4) is 0 Å². The van der Waals surface area contributed by atoms with E-state index in [1.54, 1.807) is 42.5 Å². The van der Waals surface area contributed by atoms with Gasteiger partial charge in [0, 0.05) is 17.3 Å². The molecule has 1 N–H and O–H groups in total. The van der Waals surface area contributed by atoms with Gasteiger partial charge in [-0.05, 0) is 61.9 Å². The number of aromatic nitrogens is 1. The number of anilines is 1. The van der Waals surface area contributed by atoms with Gasteiger partial charge in [-0.25, -0.2) is 8.42 Å². The number of nitrogens with one attached hydrogen (secondary N) is 1. The van der Waals surface area contributed by atoms with Gasteiger partial charge in [-0.15, -0.1) is 0 Å². The number of pyridine rings is 1. The van der Waals surface area contributed by atoms with E-state index in [2.05, 4.69) is 5.32 Å². The van der Waals surface area contributed by atoms with Gasteiger partial charge in [0.2, 0.25) is 21.2 Å². The smallest absolute Gasteiger partial charge is 0.244 e. The molecule has 0 spiro atoms. The summed E-state index contributed by atoms with van der Waals surface area (Å²) in [6.45, 7) is 4.00. The predicted octanol–water partition coefficient (Wildman–Crippen LogP) is 4.18. The van der Waals surface area contributed by atoms with Crippen molar-refractivity contribution in [3.8, 4) is 5.75 Å². The number of ether oxygens (including phenoxy) is 1. The quantitative estimate of drug-likeness (QED) is 0.432. The molecular weight excluding hydrogens is 452 g/mol. The standard InChI is InChI=1S/C26H24N2O5S/c1-3-33-19-12-14-20(15-13-19)34(31,32)24-16-28(23-11-7-5-9-21(23)26(24)30)17-25(29)27-22-10-6-4-8-18(22)2/h4-16H,3,17H2,1-2H3,(H,27,29). The number of hydrogen-bond donors (Lipinski definition) is 1. The molecule has 0 radical (unpaired) electrons. The lowest BCUT2D eigenvalue weighted by molar-refractivity contribution is -0.116. The van der Waals surface area contributed by atoms with E-state index in [0.29, 0.717) is 23.6 Å². The number of amides is 1. The molecule has 0 bridgehead atoms. The third kappa shape index (κ3) is 4.58.